The molecule has 2 amide bonds. The lowest BCUT2D eigenvalue weighted by atomic mass is 10.2. The monoisotopic (exact) mass is 378 g/mol. The number of ether oxygens (including phenoxy) is 1. The zero-order chi connectivity index (χ0) is 18.0. The van der Waals surface area contributed by atoms with Gasteiger partial charge in [0.25, 0.3) is 5.91 Å². The van der Waals surface area contributed by atoms with Crippen LogP contribution in [-0.2, 0) is 9.59 Å². The van der Waals surface area contributed by atoms with Crippen LogP contribution < -0.4 is 15.0 Å². The lowest BCUT2D eigenvalue weighted by Gasteiger charge is -2.16. The number of imide groups is 1. The van der Waals surface area contributed by atoms with Gasteiger partial charge in [-0.3, -0.25) is 9.59 Å². The lowest BCUT2D eigenvalue weighted by Crippen LogP contribution is -2.34. The summed E-state index contributed by atoms with van der Waals surface area (Å²) in [6.07, 6.45) is 0.0757. The number of carbonyl (C=O) groups excluding carboxylic acids is 2. The zero-order valence-corrected chi connectivity index (χ0v) is 15.0. The third kappa shape index (κ3) is 3.72. The Morgan fingerprint density at radius 1 is 1.12 bits per heavy atom. The number of nitrogens with zero attached hydrogens (tertiary/aromatic N) is 1. The molecule has 0 aliphatic carbocycles. The molecular weight excluding hydrogens is 363 g/mol. The van der Waals surface area contributed by atoms with Crippen LogP contribution in [0.1, 0.15) is 13.3 Å². The maximum atomic E-state index is 12.6. The molecule has 0 unspecified atom stereocenters. The van der Waals surface area contributed by atoms with E-state index < -0.39 is 6.04 Å². The first-order valence-corrected chi connectivity index (χ1v) is 8.56. The van der Waals surface area contributed by atoms with Crippen molar-refractivity contribution in [2.45, 2.75) is 19.4 Å². The Morgan fingerprint density at radius 2 is 1.84 bits per heavy atom. The van der Waals surface area contributed by atoms with Gasteiger partial charge in [-0.05, 0) is 49.4 Å². The Hall–Kier alpha value is -2.24. The molecule has 7 heteroatoms. The van der Waals surface area contributed by atoms with Gasteiger partial charge in [0.1, 0.15) is 11.8 Å². The molecule has 1 aliphatic rings. The predicted molar refractivity (Wildman–Crippen MR) is 98.6 cm³/mol. The fourth-order valence-electron chi connectivity index (χ4n) is 2.66. The minimum atomic E-state index is -0.642. The summed E-state index contributed by atoms with van der Waals surface area (Å²) in [7, 11) is 0. The van der Waals surface area contributed by atoms with E-state index in [4.69, 9.17) is 27.9 Å². The third-order valence-electron chi connectivity index (χ3n) is 3.81. The summed E-state index contributed by atoms with van der Waals surface area (Å²) in [6, 6.07) is 11.2. The molecule has 1 heterocycles. The van der Waals surface area contributed by atoms with E-state index in [0.717, 1.165) is 0 Å². The highest BCUT2D eigenvalue weighted by molar-refractivity contribution is 6.42. The van der Waals surface area contributed by atoms with Gasteiger partial charge < -0.3 is 10.1 Å². The first-order valence-electron chi connectivity index (χ1n) is 7.81. The number of hydrogen-bond acceptors (Lipinski definition) is 4. The molecule has 0 radical (unpaired) electrons. The summed E-state index contributed by atoms with van der Waals surface area (Å²) in [4.78, 5) is 26.1. The largest absolute Gasteiger partial charge is 0.494 e. The lowest BCUT2D eigenvalue weighted by molar-refractivity contribution is -0.121. The van der Waals surface area contributed by atoms with Crippen LogP contribution in [0.4, 0.5) is 11.4 Å². The number of benzene rings is 2. The molecule has 0 aromatic heterocycles. The van der Waals surface area contributed by atoms with Gasteiger partial charge in [-0.25, -0.2) is 4.90 Å². The number of nitrogens with one attached hydrogen (secondary N) is 1. The molecule has 5 nitrogen and oxygen atoms in total. The van der Waals surface area contributed by atoms with Crippen LogP contribution in [0.15, 0.2) is 42.5 Å². The summed E-state index contributed by atoms with van der Waals surface area (Å²) in [5.74, 6) is 0.128. The van der Waals surface area contributed by atoms with Gasteiger partial charge in [0.2, 0.25) is 5.91 Å². The van der Waals surface area contributed by atoms with E-state index >= 15 is 0 Å². The average molecular weight is 379 g/mol. The standard InChI is InChI=1S/C18H16Cl2N2O3/c1-2-25-13-6-4-12(5-7-13)22-17(23)10-16(18(22)24)21-11-3-8-14(19)15(20)9-11/h3-9,16,21H,2,10H2,1H3/t16-/m0/s1. The fourth-order valence-corrected chi connectivity index (χ4v) is 2.96. The summed E-state index contributed by atoms with van der Waals surface area (Å²) >= 11 is 11.9. The molecule has 0 bridgehead atoms. The van der Waals surface area contributed by atoms with Gasteiger partial charge >= 0.3 is 0 Å². The molecule has 0 saturated carbocycles. The average Bonchev–Trinajstić information content (AvgIpc) is 2.86. The van der Waals surface area contributed by atoms with Gasteiger partial charge in [0.15, 0.2) is 0 Å². The van der Waals surface area contributed by atoms with Crippen LogP contribution in [0, 0.1) is 0 Å². The number of anilines is 2. The fraction of sp³-hybridized carbons (Fsp3) is 0.222. The normalized spacial score (nSPS) is 17.1. The second kappa shape index (κ2) is 7.33. The molecule has 1 aliphatic heterocycles. The molecule has 1 atom stereocenters. The van der Waals surface area contributed by atoms with Crippen LogP contribution in [0.2, 0.25) is 10.0 Å². The molecule has 2 aromatic carbocycles. The first-order chi connectivity index (χ1) is 12.0. The zero-order valence-electron chi connectivity index (χ0n) is 13.5. The number of halogens is 2. The van der Waals surface area contributed by atoms with E-state index in [9.17, 15) is 9.59 Å². The quantitative estimate of drug-likeness (QED) is 0.794. The highest BCUT2D eigenvalue weighted by Gasteiger charge is 2.39. The molecule has 3 rings (SSSR count). The maximum absolute atomic E-state index is 12.6. The van der Waals surface area contributed by atoms with Gasteiger partial charge in [0, 0.05) is 5.69 Å². The highest BCUT2D eigenvalue weighted by atomic mass is 35.5. The Labute approximate surface area is 155 Å². The van der Waals surface area contributed by atoms with E-state index in [0.29, 0.717) is 33.8 Å². The molecule has 25 heavy (non-hydrogen) atoms. The number of rotatable bonds is 5. The van der Waals surface area contributed by atoms with E-state index in [1.807, 2.05) is 6.92 Å². The third-order valence-corrected chi connectivity index (χ3v) is 4.55. The number of hydrogen-bond donors (Lipinski definition) is 1. The van der Waals surface area contributed by atoms with E-state index in [-0.39, 0.29) is 18.2 Å². The predicted octanol–water partition coefficient (Wildman–Crippen LogP) is 4.14. The van der Waals surface area contributed by atoms with Crippen molar-refractivity contribution >= 4 is 46.4 Å². The molecule has 1 saturated heterocycles. The van der Waals surface area contributed by atoms with Crippen molar-refractivity contribution in [3.63, 3.8) is 0 Å². The Balaban J connectivity index is 1.76. The van der Waals surface area contributed by atoms with Crippen molar-refractivity contribution in [2.24, 2.45) is 0 Å². The van der Waals surface area contributed by atoms with Crippen LogP contribution >= 0.6 is 23.2 Å². The Kier molecular flexibility index (Phi) is 5.16. The van der Waals surface area contributed by atoms with Crippen molar-refractivity contribution in [3.05, 3.63) is 52.5 Å². The second-order valence-corrected chi connectivity index (χ2v) is 6.34. The summed E-state index contributed by atoms with van der Waals surface area (Å²) < 4.78 is 5.37. The van der Waals surface area contributed by atoms with E-state index in [1.54, 1.807) is 42.5 Å². The van der Waals surface area contributed by atoms with Crippen LogP contribution in [0.5, 0.6) is 5.75 Å². The van der Waals surface area contributed by atoms with Crippen LogP contribution in [0.25, 0.3) is 0 Å². The van der Waals surface area contributed by atoms with Gasteiger partial charge in [-0.15, -0.1) is 0 Å². The molecule has 2 aromatic rings. The van der Waals surface area contributed by atoms with Crippen LogP contribution in [-0.4, -0.2) is 24.5 Å². The van der Waals surface area contributed by atoms with Crippen molar-refractivity contribution in [1.82, 2.24) is 0 Å². The first kappa shape index (κ1) is 17.6. The topological polar surface area (TPSA) is 58.6 Å². The number of carbonyl (C=O) groups is 2. The van der Waals surface area contributed by atoms with E-state index in [1.165, 1.54) is 4.90 Å². The van der Waals surface area contributed by atoms with Crippen molar-refractivity contribution in [2.75, 3.05) is 16.8 Å². The number of amides is 2. The molecule has 130 valence electrons. The van der Waals surface area contributed by atoms with Crippen molar-refractivity contribution < 1.29 is 14.3 Å². The van der Waals surface area contributed by atoms with Crippen molar-refractivity contribution in [1.29, 1.82) is 0 Å². The minimum absolute atomic E-state index is 0.0757. The minimum Gasteiger partial charge on any atom is -0.494 e. The van der Waals surface area contributed by atoms with Crippen LogP contribution in [0.3, 0.4) is 0 Å². The Bertz CT molecular complexity index is 808. The van der Waals surface area contributed by atoms with Gasteiger partial charge in [-0.1, -0.05) is 23.2 Å². The molecule has 1 fully saturated rings. The van der Waals surface area contributed by atoms with E-state index in [2.05, 4.69) is 5.32 Å². The maximum Gasteiger partial charge on any atom is 0.256 e. The Morgan fingerprint density at radius 3 is 2.48 bits per heavy atom. The highest BCUT2D eigenvalue weighted by Crippen LogP contribution is 2.29. The molecule has 1 N–H and O–H groups in total. The molecule has 0 spiro atoms. The van der Waals surface area contributed by atoms with Gasteiger partial charge in [0.05, 0.1) is 28.8 Å². The SMILES string of the molecule is CCOc1ccc(N2C(=O)C[C@H](Nc3ccc(Cl)c(Cl)c3)C2=O)cc1. The summed E-state index contributed by atoms with van der Waals surface area (Å²) in [6.45, 7) is 2.44. The van der Waals surface area contributed by atoms with Crippen molar-refractivity contribution in [3.8, 4) is 5.75 Å². The van der Waals surface area contributed by atoms with Gasteiger partial charge in [-0.2, -0.15) is 0 Å². The molecular formula is C18H16Cl2N2O3. The second-order valence-electron chi connectivity index (χ2n) is 5.52. The summed E-state index contributed by atoms with van der Waals surface area (Å²) in [5.41, 5.74) is 1.16. The summed E-state index contributed by atoms with van der Waals surface area (Å²) in [5, 5.41) is 3.85. The smallest absolute Gasteiger partial charge is 0.256 e.